The molecule has 0 unspecified atom stereocenters. The second-order valence-electron chi connectivity index (χ2n) is 3.35. The van der Waals surface area contributed by atoms with Crippen molar-refractivity contribution in [3.63, 3.8) is 0 Å². The quantitative estimate of drug-likeness (QED) is 0.839. The number of nitrogens with one attached hydrogen (secondary N) is 1. The predicted molar refractivity (Wildman–Crippen MR) is 55.8 cm³/mol. The van der Waals surface area contributed by atoms with Crippen molar-refractivity contribution < 1.29 is 4.74 Å². The Morgan fingerprint density at radius 2 is 2.43 bits per heavy atom. The maximum Gasteiger partial charge on any atom is 0.267 e. The van der Waals surface area contributed by atoms with E-state index in [4.69, 9.17) is 4.74 Å². The Morgan fingerprint density at radius 3 is 3.00 bits per heavy atom. The Hall–Kier alpha value is -0.840. The van der Waals surface area contributed by atoms with E-state index in [1.807, 2.05) is 0 Å². The molecule has 1 aliphatic rings. The van der Waals surface area contributed by atoms with Crippen LogP contribution in [0, 0.1) is 0 Å². The van der Waals surface area contributed by atoms with Gasteiger partial charge in [-0.25, -0.2) is 5.10 Å². The maximum atomic E-state index is 11.0. The molecule has 0 bridgehead atoms. The van der Waals surface area contributed by atoms with Gasteiger partial charge in [-0.05, 0) is 19.3 Å². The van der Waals surface area contributed by atoms with Crippen LogP contribution in [0.3, 0.4) is 0 Å². The van der Waals surface area contributed by atoms with E-state index >= 15 is 0 Å². The Balaban J connectivity index is 2.20. The second-order valence-corrected chi connectivity index (χ2v) is 3.91. The van der Waals surface area contributed by atoms with Crippen molar-refractivity contribution in [2.45, 2.75) is 30.7 Å². The van der Waals surface area contributed by atoms with Crippen LogP contribution in [-0.4, -0.2) is 16.3 Å². The maximum absolute atomic E-state index is 11.0. The van der Waals surface area contributed by atoms with Crippen LogP contribution in [0.2, 0.25) is 0 Å². The number of halogens is 1. The molecule has 0 aliphatic heterocycles. The summed E-state index contributed by atoms with van der Waals surface area (Å²) >= 11 is 3.30. The number of nitrogens with zero attached hydrogens (tertiary/aromatic N) is 1. The van der Waals surface area contributed by atoms with Gasteiger partial charge in [-0.2, -0.15) is 5.10 Å². The van der Waals surface area contributed by atoms with E-state index < -0.39 is 0 Å². The minimum atomic E-state index is -0.218. The average Bonchev–Trinajstić information content (AvgIpc) is 2.12. The first kappa shape index (κ1) is 9.71. The molecule has 14 heavy (non-hydrogen) atoms. The number of hydrogen-bond donors (Lipinski definition) is 1. The number of rotatable bonds is 3. The molecule has 0 amide bonds. The average molecular weight is 259 g/mol. The van der Waals surface area contributed by atoms with Crippen LogP contribution < -0.4 is 10.3 Å². The number of aromatic nitrogens is 2. The van der Waals surface area contributed by atoms with Crippen LogP contribution in [0.15, 0.2) is 10.9 Å². The van der Waals surface area contributed by atoms with Gasteiger partial charge in [-0.15, -0.1) is 0 Å². The fourth-order valence-electron chi connectivity index (χ4n) is 1.28. The number of H-pyrrole nitrogens is 1. The first-order valence-corrected chi connectivity index (χ1v) is 5.73. The molecular weight excluding hydrogens is 248 g/mol. The molecule has 1 aliphatic carbocycles. The molecule has 1 aromatic heterocycles. The largest absolute Gasteiger partial charge is 0.488 e. The SMILES string of the molecule is O=c1cc(OC2CCC2)c(CBr)n[nH]1. The van der Waals surface area contributed by atoms with Crippen LogP contribution in [0.1, 0.15) is 25.0 Å². The molecule has 0 aromatic carbocycles. The molecule has 2 rings (SSSR count). The van der Waals surface area contributed by atoms with Crippen molar-refractivity contribution in [3.05, 3.63) is 22.1 Å². The Kier molecular flexibility index (Phi) is 2.86. The Morgan fingerprint density at radius 1 is 1.64 bits per heavy atom. The summed E-state index contributed by atoms with van der Waals surface area (Å²) in [4.78, 5) is 11.0. The molecule has 1 saturated carbocycles. The van der Waals surface area contributed by atoms with Crippen molar-refractivity contribution in [1.29, 1.82) is 0 Å². The summed E-state index contributed by atoms with van der Waals surface area (Å²) in [7, 11) is 0. The van der Waals surface area contributed by atoms with Crippen molar-refractivity contribution in [2.75, 3.05) is 0 Å². The third-order valence-electron chi connectivity index (χ3n) is 2.32. The van der Waals surface area contributed by atoms with Gasteiger partial charge in [0, 0.05) is 6.07 Å². The van der Waals surface area contributed by atoms with Crippen molar-refractivity contribution in [3.8, 4) is 5.75 Å². The molecule has 1 N–H and O–H groups in total. The number of aromatic amines is 1. The fraction of sp³-hybridized carbons (Fsp3) is 0.556. The number of alkyl halides is 1. The Bertz CT molecular complexity index is 373. The van der Waals surface area contributed by atoms with Gasteiger partial charge in [0.05, 0.1) is 11.4 Å². The molecule has 1 heterocycles. The van der Waals surface area contributed by atoms with E-state index in [9.17, 15) is 4.79 Å². The molecule has 5 heteroatoms. The molecule has 4 nitrogen and oxygen atoms in total. The van der Waals surface area contributed by atoms with Gasteiger partial charge in [0.2, 0.25) is 0 Å². The molecule has 0 atom stereocenters. The van der Waals surface area contributed by atoms with Gasteiger partial charge in [-0.1, -0.05) is 15.9 Å². The van der Waals surface area contributed by atoms with E-state index in [1.54, 1.807) is 0 Å². The lowest BCUT2D eigenvalue weighted by molar-refractivity contribution is 0.118. The van der Waals surface area contributed by atoms with Gasteiger partial charge in [0.15, 0.2) is 0 Å². The highest BCUT2D eigenvalue weighted by Gasteiger charge is 2.20. The minimum Gasteiger partial charge on any atom is -0.488 e. The predicted octanol–water partition coefficient (Wildman–Crippen LogP) is 1.60. The summed E-state index contributed by atoms with van der Waals surface area (Å²) in [5.41, 5.74) is 0.528. The first-order chi connectivity index (χ1) is 6.79. The summed E-state index contributed by atoms with van der Waals surface area (Å²) in [6, 6.07) is 1.46. The van der Waals surface area contributed by atoms with E-state index in [0.29, 0.717) is 11.1 Å². The smallest absolute Gasteiger partial charge is 0.267 e. The highest BCUT2D eigenvalue weighted by Crippen LogP contribution is 2.26. The summed E-state index contributed by atoms with van der Waals surface area (Å²) in [5.74, 6) is 0.607. The van der Waals surface area contributed by atoms with E-state index in [1.165, 1.54) is 12.5 Å². The summed E-state index contributed by atoms with van der Waals surface area (Å²) in [6.45, 7) is 0. The second kappa shape index (κ2) is 4.13. The van der Waals surface area contributed by atoms with Crippen LogP contribution in [-0.2, 0) is 5.33 Å². The van der Waals surface area contributed by atoms with Gasteiger partial charge in [0.1, 0.15) is 11.4 Å². The Labute approximate surface area is 89.8 Å². The molecule has 1 fully saturated rings. The van der Waals surface area contributed by atoms with E-state index in [2.05, 4.69) is 26.1 Å². The van der Waals surface area contributed by atoms with Crippen LogP contribution in [0.25, 0.3) is 0 Å². The van der Waals surface area contributed by atoms with Crippen LogP contribution >= 0.6 is 15.9 Å². The third-order valence-corrected chi connectivity index (χ3v) is 2.85. The lowest BCUT2D eigenvalue weighted by Crippen LogP contribution is -2.26. The normalized spacial score (nSPS) is 16.4. The summed E-state index contributed by atoms with van der Waals surface area (Å²) in [6.07, 6.45) is 3.64. The van der Waals surface area contributed by atoms with Crippen molar-refractivity contribution in [2.24, 2.45) is 0 Å². The van der Waals surface area contributed by atoms with Crippen LogP contribution in [0.5, 0.6) is 5.75 Å². The zero-order chi connectivity index (χ0) is 9.97. The highest BCUT2D eigenvalue weighted by atomic mass is 79.9. The molecule has 0 saturated heterocycles. The lowest BCUT2D eigenvalue weighted by atomic mass is 9.96. The van der Waals surface area contributed by atoms with Crippen molar-refractivity contribution in [1.82, 2.24) is 10.2 Å². The van der Waals surface area contributed by atoms with Gasteiger partial charge < -0.3 is 4.74 Å². The zero-order valence-electron chi connectivity index (χ0n) is 7.62. The number of hydrogen-bond acceptors (Lipinski definition) is 3. The van der Waals surface area contributed by atoms with Crippen LogP contribution in [0.4, 0.5) is 0 Å². The highest BCUT2D eigenvalue weighted by molar-refractivity contribution is 9.08. The third kappa shape index (κ3) is 1.97. The standard InChI is InChI=1S/C9H11BrN2O2/c10-5-7-8(4-9(13)12-11-7)14-6-2-1-3-6/h4,6H,1-3,5H2,(H,12,13). The topological polar surface area (TPSA) is 55.0 Å². The lowest BCUT2D eigenvalue weighted by Gasteiger charge is -2.26. The summed E-state index contributed by atoms with van der Waals surface area (Å²) < 4.78 is 5.64. The van der Waals surface area contributed by atoms with E-state index in [0.717, 1.165) is 18.5 Å². The van der Waals surface area contributed by atoms with Gasteiger partial charge >= 0.3 is 0 Å². The minimum absolute atomic E-state index is 0.218. The number of ether oxygens (including phenoxy) is 1. The van der Waals surface area contributed by atoms with Gasteiger partial charge in [-0.3, -0.25) is 4.79 Å². The van der Waals surface area contributed by atoms with Gasteiger partial charge in [0.25, 0.3) is 5.56 Å². The molecule has 1 aromatic rings. The molecule has 0 radical (unpaired) electrons. The summed E-state index contributed by atoms with van der Waals surface area (Å²) in [5, 5.41) is 6.87. The van der Waals surface area contributed by atoms with Crippen molar-refractivity contribution >= 4 is 15.9 Å². The molecule has 76 valence electrons. The first-order valence-electron chi connectivity index (χ1n) is 4.61. The molecular formula is C9H11BrN2O2. The van der Waals surface area contributed by atoms with E-state index in [-0.39, 0.29) is 11.7 Å². The monoisotopic (exact) mass is 258 g/mol. The molecule has 0 spiro atoms. The fourth-order valence-corrected chi connectivity index (χ4v) is 1.68. The zero-order valence-corrected chi connectivity index (χ0v) is 9.21.